The number of rotatable bonds is 6. The smallest absolute Gasteiger partial charge is 0.322 e. The minimum atomic E-state index is -1.25. The first-order valence-corrected chi connectivity index (χ1v) is 9.73. The van der Waals surface area contributed by atoms with Crippen LogP contribution in [0, 0.1) is 13.8 Å². The maximum Gasteiger partial charge on any atom is 0.322 e. The van der Waals surface area contributed by atoms with Gasteiger partial charge < -0.3 is 20.3 Å². The average Bonchev–Trinajstić information content (AvgIpc) is 2.97. The van der Waals surface area contributed by atoms with E-state index in [4.69, 9.17) is 9.84 Å². The number of aromatic nitrogens is 2. The molecule has 164 valence electrons. The van der Waals surface area contributed by atoms with Crippen LogP contribution in [0.1, 0.15) is 41.5 Å². The highest BCUT2D eigenvalue weighted by molar-refractivity contribution is 6.00. The standard InChI is InChI=1S/C22H25N3O6/c1-11(2)24-22(30)18(21(29)23-10-16(26)27)20(28)19-12(3)17(13(4)25(19)24)14-6-8-15(31-5)9-7-14/h6-9,11,28H,10H2,1-5H3,(H,23,29)(H,26,27). The molecule has 9 nitrogen and oxygen atoms in total. The molecule has 0 fully saturated rings. The SMILES string of the molecule is COc1ccc(-c2c(C)c3c(O)c(C(=O)NCC(=O)O)c(=O)n(C(C)C)n3c2C)cc1. The van der Waals surface area contributed by atoms with E-state index in [0.717, 1.165) is 16.8 Å². The number of aryl methyl sites for hydroxylation is 2. The Labute approximate surface area is 178 Å². The molecule has 2 heterocycles. The molecule has 0 saturated heterocycles. The summed E-state index contributed by atoms with van der Waals surface area (Å²) in [5.41, 5.74) is 2.20. The van der Waals surface area contributed by atoms with Crippen LogP contribution in [0.5, 0.6) is 11.5 Å². The van der Waals surface area contributed by atoms with E-state index in [2.05, 4.69) is 5.32 Å². The molecule has 9 heteroatoms. The van der Waals surface area contributed by atoms with Crippen molar-refractivity contribution in [3.05, 3.63) is 51.4 Å². The van der Waals surface area contributed by atoms with Crippen LogP contribution in [0.2, 0.25) is 0 Å². The van der Waals surface area contributed by atoms with Crippen LogP contribution < -0.4 is 15.6 Å². The normalized spacial score (nSPS) is 11.2. The third-order valence-corrected chi connectivity index (χ3v) is 5.22. The van der Waals surface area contributed by atoms with Crippen molar-refractivity contribution >= 4 is 17.4 Å². The lowest BCUT2D eigenvalue weighted by atomic mass is 10.0. The largest absolute Gasteiger partial charge is 0.505 e. The summed E-state index contributed by atoms with van der Waals surface area (Å²) in [6, 6.07) is 7.05. The second-order valence-electron chi connectivity index (χ2n) is 7.52. The Morgan fingerprint density at radius 1 is 1.16 bits per heavy atom. The van der Waals surface area contributed by atoms with Crippen molar-refractivity contribution < 1.29 is 24.5 Å². The average molecular weight is 427 g/mol. The molecule has 1 amide bonds. The maximum atomic E-state index is 13.2. The summed E-state index contributed by atoms with van der Waals surface area (Å²) < 4.78 is 8.22. The lowest BCUT2D eigenvalue weighted by Crippen LogP contribution is -2.38. The van der Waals surface area contributed by atoms with Gasteiger partial charge in [-0.25, -0.2) is 4.68 Å². The van der Waals surface area contributed by atoms with E-state index < -0.39 is 35.3 Å². The van der Waals surface area contributed by atoms with Gasteiger partial charge in [-0.2, -0.15) is 0 Å². The number of hydrogen-bond donors (Lipinski definition) is 3. The Hall–Kier alpha value is -3.75. The minimum absolute atomic E-state index is 0.317. The van der Waals surface area contributed by atoms with Gasteiger partial charge in [-0.3, -0.25) is 18.9 Å². The molecule has 0 aliphatic rings. The van der Waals surface area contributed by atoms with Crippen LogP contribution in [0.25, 0.3) is 16.6 Å². The number of nitrogens with zero attached hydrogens (tertiary/aromatic N) is 2. The summed E-state index contributed by atoms with van der Waals surface area (Å²) in [6.07, 6.45) is 0. The summed E-state index contributed by atoms with van der Waals surface area (Å²) >= 11 is 0. The van der Waals surface area contributed by atoms with Crippen molar-refractivity contribution in [2.75, 3.05) is 13.7 Å². The highest BCUT2D eigenvalue weighted by atomic mass is 16.5. The fourth-order valence-electron chi connectivity index (χ4n) is 3.89. The number of nitrogens with one attached hydrogen (secondary N) is 1. The number of aromatic hydroxyl groups is 1. The predicted molar refractivity (Wildman–Crippen MR) is 115 cm³/mol. The van der Waals surface area contributed by atoms with E-state index in [1.54, 1.807) is 32.4 Å². The summed E-state index contributed by atoms with van der Waals surface area (Å²) in [5.74, 6) is -1.98. The van der Waals surface area contributed by atoms with Gasteiger partial charge in [0.15, 0.2) is 5.75 Å². The van der Waals surface area contributed by atoms with Crippen molar-refractivity contribution in [2.45, 2.75) is 33.7 Å². The van der Waals surface area contributed by atoms with Crippen LogP contribution in [-0.2, 0) is 4.79 Å². The Kier molecular flexibility index (Phi) is 5.79. The lowest BCUT2D eigenvalue weighted by Gasteiger charge is -2.18. The molecule has 0 unspecified atom stereocenters. The molecule has 3 rings (SSSR count). The van der Waals surface area contributed by atoms with E-state index in [1.807, 2.05) is 31.2 Å². The second-order valence-corrected chi connectivity index (χ2v) is 7.52. The number of hydrogen-bond acceptors (Lipinski definition) is 5. The van der Waals surface area contributed by atoms with E-state index in [-0.39, 0.29) is 6.04 Å². The zero-order valence-electron chi connectivity index (χ0n) is 18.0. The number of ether oxygens (including phenoxy) is 1. The molecule has 0 aliphatic heterocycles. The van der Waals surface area contributed by atoms with Gasteiger partial charge in [-0.1, -0.05) is 12.1 Å². The van der Waals surface area contributed by atoms with Gasteiger partial charge in [-0.05, 0) is 51.0 Å². The van der Waals surface area contributed by atoms with Crippen LogP contribution in [-0.4, -0.2) is 44.9 Å². The first kappa shape index (κ1) is 21.9. The Balaban J connectivity index is 2.36. The zero-order chi connectivity index (χ0) is 23.0. The molecule has 0 saturated carbocycles. The second kappa shape index (κ2) is 8.17. The number of carbonyl (C=O) groups is 2. The molecule has 3 N–H and O–H groups in total. The molecule has 1 aromatic carbocycles. The van der Waals surface area contributed by atoms with Crippen molar-refractivity contribution in [3.63, 3.8) is 0 Å². The van der Waals surface area contributed by atoms with Gasteiger partial charge in [0, 0.05) is 17.3 Å². The number of carbonyl (C=O) groups excluding carboxylic acids is 1. The van der Waals surface area contributed by atoms with Gasteiger partial charge in [-0.15, -0.1) is 0 Å². The van der Waals surface area contributed by atoms with Crippen LogP contribution in [0.15, 0.2) is 29.1 Å². The van der Waals surface area contributed by atoms with Crippen LogP contribution in [0.3, 0.4) is 0 Å². The fourth-order valence-corrected chi connectivity index (χ4v) is 3.89. The van der Waals surface area contributed by atoms with Gasteiger partial charge in [0.1, 0.15) is 23.4 Å². The molecule has 0 bridgehead atoms. The van der Waals surface area contributed by atoms with E-state index >= 15 is 0 Å². The molecule has 0 atom stereocenters. The number of fused-ring (bicyclic) bond motifs is 1. The number of amides is 1. The fraction of sp³-hybridized carbons (Fsp3) is 0.318. The minimum Gasteiger partial charge on any atom is -0.505 e. The van der Waals surface area contributed by atoms with E-state index in [9.17, 15) is 19.5 Å². The maximum absolute atomic E-state index is 13.2. The molecule has 0 aliphatic carbocycles. The number of carboxylic acids is 1. The highest BCUT2D eigenvalue weighted by Crippen LogP contribution is 2.37. The van der Waals surface area contributed by atoms with Gasteiger partial charge in [0.05, 0.1) is 7.11 Å². The molecular weight excluding hydrogens is 402 g/mol. The lowest BCUT2D eigenvalue weighted by molar-refractivity contribution is -0.135. The summed E-state index contributed by atoms with van der Waals surface area (Å²) in [4.78, 5) is 36.6. The third-order valence-electron chi connectivity index (χ3n) is 5.22. The van der Waals surface area contributed by atoms with Gasteiger partial charge in [0.25, 0.3) is 11.5 Å². The molecule has 2 aromatic heterocycles. The number of aliphatic carboxylic acids is 1. The first-order chi connectivity index (χ1) is 14.6. The number of benzene rings is 1. The predicted octanol–water partition coefficient (Wildman–Crippen LogP) is 2.49. The van der Waals surface area contributed by atoms with Crippen LogP contribution in [0.4, 0.5) is 0 Å². The monoisotopic (exact) mass is 427 g/mol. The first-order valence-electron chi connectivity index (χ1n) is 9.73. The van der Waals surface area contributed by atoms with Crippen molar-refractivity contribution in [3.8, 4) is 22.6 Å². The van der Waals surface area contributed by atoms with E-state index in [0.29, 0.717) is 16.8 Å². The molecule has 0 spiro atoms. The summed E-state index contributed by atoms with van der Waals surface area (Å²) in [7, 11) is 1.58. The molecule has 0 radical (unpaired) electrons. The van der Waals surface area contributed by atoms with Crippen LogP contribution >= 0.6 is 0 Å². The molecule has 3 aromatic rings. The highest BCUT2D eigenvalue weighted by Gasteiger charge is 2.28. The number of carboxylic acid groups (broad SMARTS) is 1. The number of methoxy groups -OCH3 is 1. The third kappa shape index (κ3) is 3.63. The van der Waals surface area contributed by atoms with Crippen molar-refractivity contribution in [2.24, 2.45) is 0 Å². The Morgan fingerprint density at radius 2 is 1.77 bits per heavy atom. The Morgan fingerprint density at radius 3 is 2.29 bits per heavy atom. The summed E-state index contributed by atoms with van der Waals surface area (Å²) in [6.45, 7) is 6.55. The van der Waals surface area contributed by atoms with Gasteiger partial charge >= 0.3 is 5.97 Å². The molecular formula is C22H25N3O6. The quantitative estimate of drug-likeness (QED) is 0.556. The van der Waals surface area contributed by atoms with E-state index in [1.165, 1.54) is 4.68 Å². The topological polar surface area (TPSA) is 122 Å². The zero-order valence-corrected chi connectivity index (χ0v) is 18.0. The summed E-state index contributed by atoms with van der Waals surface area (Å²) in [5, 5.41) is 22.0. The molecule has 31 heavy (non-hydrogen) atoms. The van der Waals surface area contributed by atoms with Gasteiger partial charge in [0.2, 0.25) is 0 Å². The Bertz CT molecular complexity index is 1240. The van der Waals surface area contributed by atoms with Crippen molar-refractivity contribution in [1.29, 1.82) is 0 Å². The van der Waals surface area contributed by atoms with Crippen molar-refractivity contribution in [1.82, 2.24) is 14.5 Å².